The average molecular weight is 325 g/mol. The third-order valence-corrected chi connectivity index (χ3v) is 4.02. The summed E-state index contributed by atoms with van der Waals surface area (Å²) in [6.07, 6.45) is 0. The number of barbiturate groups is 1. The summed E-state index contributed by atoms with van der Waals surface area (Å²) >= 11 is 3.36. The fourth-order valence-corrected chi connectivity index (χ4v) is 2.03. The molecule has 0 radical (unpaired) electrons. The minimum absolute atomic E-state index is 0.448. The number of nitrogens with one attached hydrogen (secondary N) is 1. The van der Waals surface area contributed by atoms with Gasteiger partial charge in [0.1, 0.15) is 5.41 Å². The highest BCUT2D eigenvalue weighted by Crippen LogP contribution is 2.30. The number of anilines is 1. The highest BCUT2D eigenvalue weighted by molar-refractivity contribution is 9.10. The van der Waals surface area contributed by atoms with E-state index in [1.807, 2.05) is 6.92 Å². The van der Waals surface area contributed by atoms with Crippen LogP contribution in [-0.2, 0) is 9.59 Å². The van der Waals surface area contributed by atoms with Crippen molar-refractivity contribution in [3.63, 3.8) is 0 Å². The maximum Gasteiger partial charge on any atom is 0.335 e. The lowest BCUT2D eigenvalue weighted by Crippen LogP contribution is -2.62. The zero-order valence-electron chi connectivity index (χ0n) is 10.8. The Labute approximate surface area is 119 Å². The van der Waals surface area contributed by atoms with E-state index in [2.05, 4.69) is 21.2 Å². The summed E-state index contributed by atoms with van der Waals surface area (Å²) in [6.45, 7) is 4.85. The van der Waals surface area contributed by atoms with Gasteiger partial charge in [-0.2, -0.15) is 0 Å². The number of carbonyl (C=O) groups is 3. The second-order valence-electron chi connectivity index (χ2n) is 4.96. The highest BCUT2D eigenvalue weighted by atomic mass is 79.9. The van der Waals surface area contributed by atoms with E-state index in [0.717, 1.165) is 14.9 Å². The van der Waals surface area contributed by atoms with Crippen LogP contribution in [0.3, 0.4) is 0 Å². The van der Waals surface area contributed by atoms with Crippen LogP contribution in [0.15, 0.2) is 22.7 Å². The standard InChI is InChI=1S/C13H13BrN2O3/c1-7-6-8(4-5-9(7)14)16-11(18)13(2,3)10(17)15-12(16)19/h4-6H,1-3H3,(H,15,17,19). The van der Waals surface area contributed by atoms with E-state index in [0.29, 0.717) is 5.69 Å². The molecule has 1 aliphatic heterocycles. The minimum atomic E-state index is -1.26. The largest absolute Gasteiger partial charge is 0.335 e. The van der Waals surface area contributed by atoms with Gasteiger partial charge in [0.15, 0.2) is 0 Å². The number of urea groups is 1. The Morgan fingerprint density at radius 1 is 1.21 bits per heavy atom. The van der Waals surface area contributed by atoms with E-state index in [1.165, 1.54) is 13.8 Å². The maximum atomic E-state index is 12.3. The van der Waals surface area contributed by atoms with Gasteiger partial charge in [-0.05, 0) is 44.5 Å². The first-order valence-corrected chi connectivity index (χ1v) is 6.50. The number of hydrogen-bond acceptors (Lipinski definition) is 3. The second-order valence-corrected chi connectivity index (χ2v) is 5.81. The van der Waals surface area contributed by atoms with Crippen molar-refractivity contribution in [3.8, 4) is 0 Å². The molecule has 0 aromatic heterocycles. The summed E-state index contributed by atoms with van der Waals surface area (Å²) in [4.78, 5) is 36.8. The molecule has 0 spiro atoms. The Hall–Kier alpha value is -1.69. The van der Waals surface area contributed by atoms with Crippen LogP contribution in [-0.4, -0.2) is 17.8 Å². The van der Waals surface area contributed by atoms with E-state index in [4.69, 9.17) is 0 Å². The lowest BCUT2D eigenvalue weighted by Gasteiger charge is -2.34. The number of carbonyl (C=O) groups excluding carboxylic acids is 3. The fraction of sp³-hybridized carbons (Fsp3) is 0.308. The van der Waals surface area contributed by atoms with Crippen molar-refractivity contribution in [2.24, 2.45) is 5.41 Å². The van der Waals surface area contributed by atoms with Gasteiger partial charge in [-0.25, -0.2) is 9.69 Å². The van der Waals surface area contributed by atoms with Crippen LogP contribution in [0.1, 0.15) is 19.4 Å². The van der Waals surface area contributed by atoms with Crippen molar-refractivity contribution < 1.29 is 14.4 Å². The second kappa shape index (κ2) is 4.45. The Bertz CT molecular complexity index is 596. The normalized spacial score (nSPS) is 18.5. The molecular weight excluding hydrogens is 312 g/mol. The van der Waals surface area contributed by atoms with E-state index in [1.54, 1.807) is 18.2 Å². The van der Waals surface area contributed by atoms with Crippen LogP contribution in [0.5, 0.6) is 0 Å². The van der Waals surface area contributed by atoms with Crippen LogP contribution in [0.2, 0.25) is 0 Å². The van der Waals surface area contributed by atoms with Crippen LogP contribution in [0.4, 0.5) is 10.5 Å². The number of rotatable bonds is 1. The molecule has 1 heterocycles. The predicted molar refractivity (Wildman–Crippen MR) is 73.7 cm³/mol. The van der Waals surface area contributed by atoms with Crippen molar-refractivity contribution in [1.82, 2.24) is 5.32 Å². The molecule has 1 aromatic rings. The molecule has 5 nitrogen and oxygen atoms in total. The Morgan fingerprint density at radius 2 is 1.84 bits per heavy atom. The average Bonchev–Trinajstić information content (AvgIpc) is 2.32. The quantitative estimate of drug-likeness (QED) is 0.806. The summed E-state index contributed by atoms with van der Waals surface area (Å²) in [7, 11) is 0. The molecule has 1 fully saturated rings. The number of benzene rings is 1. The molecule has 1 aromatic carbocycles. The molecule has 0 atom stereocenters. The molecule has 0 unspecified atom stereocenters. The molecule has 2 rings (SSSR count). The van der Waals surface area contributed by atoms with Gasteiger partial charge in [-0.3, -0.25) is 14.9 Å². The number of imide groups is 2. The first-order chi connectivity index (χ1) is 8.75. The zero-order valence-corrected chi connectivity index (χ0v) is 12.4. The molecular formula is C13H13BrN2O3. The minimum Gasteiger partial charge on any atom is -0.276 e. The summed E-state index contributed by atoms with van der Waals surface area (Å²) < 4.78 is 0.886. The summed E-state index contributed by atoms with van der Waals surface area (Å²) in [5.41, 5.74) is 0.0890. The molecule has 1 N–H and O–H groups in total. The number of halogens is 1. The molecule has 0 aliphatic carbocycles. The SMILES string of the molecule is Cc1cc(N2C(=O)NC(=O)C(C)(C)C2=O)ccc1Br. The number of aryl methyl sites for hydroxylation is 1. The van der Waals surface area contributed by atoms with Gasteiger partial charge in [-0.15, -0.1) is 0 Å². The van der Waals surface area contributed by atoms with Gasteiger partial charge in [-0.1, -0.05) is 15.9 Å². The molecule has 4 amide bonds. The van der Waals surface area contributed by atoms with E-state index >= 15 is 0 Å². The molecule has 19 heavy (non-hydrogen) atoms. The molecule has 1 aliphatic rings. The predicted octanol–water partition coefficient (Wildman–Crippen LogP) is 2.37. The lowest BCUT2D eigenvalue weighted by molar-refractivity contribution is -0.140. The highest BCUT2D eigenvalue weighted by Gasteiger charge is 2.47. The van der Waals surface area contributed by atoms with Crippen LogP contribution < -0.4 is 10.2 Å². The van der Waals surface area contributed by atoms with Gasteiger partial charge in [0.05, 0.1) is 5.69 Å². The van der Waals surface area contributed by atoms with Crippen molar-refractivity contribution in [1.29, 1.82) is 0 Å². The van der Waals surface area contributed by atoms with E-state index < -0.39 is 23.3 Å². The molecule has 100 valence electrons. The summed E-state index contributed by atoms with van der Waals surface area (Å²) in [5.74, 6) is -1.10. The van der Waals surface area contributed by atoms with Gasteiger partial charge in [0.2, 0.25) is 11.8 Å². The maximum absolute atomic E-state index is 12.3. The van der Waals surface area contributed by atoms with Crippen molar-refractivity contribution in [3.05, 3.63) is 28.2 Å². The number of nitrogens with zero attached hydrogens (tertiary/aromatic N) is 1. The Kier molecular flexibility index (Phi) is 3.22. The first-order valence-electron chi connectivity index (χ1n) is 5.71. The molecule has 1 saturated heterocycles. The van der Waals surface area contributed by atoms with E-state index in [-0.39, 0.29) is 0 Å². The van der Waals surface area contributed by atoms with Crippen LogP contribution in [0, 0.1) is 12.3 Å². The van der Waals surface area contributed by atoms with Crippen LogP contribution in [0.25, 0.3) is 0 Å². The lowest BCUT2D eigenvalue weighted by atomic mass is 9.88. The van der Waals surface area contributed by atoms with Gasteiger partial charge >= 0.3 is 6.03 Å². The van der Waals surface area contributed by atoms with Crippen molar-refractivity contribution in [2.45, 2.75) is 20.8 Å². The number of hydrogen-bond donors (Lipinski definition) is 1. The summed E-state index contributed by atoms with van der Waals surface area (Å²) in [6, 6.07) is 4.42. The summed E-state index contributed by atoms with van der Waals surface area (Å²) in [5, 5.41) is 2.20. The molecule has 0 saturated carbocycles. The molecule has 0 bridgehead atoms. The van der Waals surface area contributed by atoms with Gasteiger partial charge in [0, 0.05) is 4.47 Å². The molecule has 6 heteroatoms. The Balaban J connectivity index is 2.48. The van der Waals surface area contributed by atoms with Crippen molar-refractivity contribution >= 4 is 39.5 Å². The van der Waals surface area contributed by atoms with Gasteiger partial charge in [0.25, 0.3) is 0 Å². The van der Waals surface area contributed by atoms with Crippen LogP contribution >= 0.6 is 15.9 Å². The zero-order chi connectivity index (χ0) is 14.4. The number of amides is 4. The third kappa shape index (κ3) is 2.16. The van der Waals surface area contributed by atoms with Crippen molar-refractivity contribution in [2.75, 3.05) is 4.90 Å². The Morgan fingerprint density at radius 3 is 2.42 bits per heavy atom. The fourth-order valence-electron chi connectivity index (χ4n) is 1.78. The monoisotopic (exact) mass is 324 g/mol. The van der Waals surface area contributed by atoms with Gasteiger partial charge < -0.3 is 0 Å². The smallest absolute Gasteiger partial charge is 0.276 e. The third-order valence-electron chi connectivity index (χ3n) is 3.13. The topological polar surface area (TPSA) is 66.5 Å². The first kappa shape index (κ1) is 13.7. The van der Waals surface area contributed by atoms with E-state index in [9.17, 15) is 14.4 Å².